The van der Waals surface area contributed by atoms with E-state index in [9.17, 15) is 4.79 Å². The van der Waals surface area contributed by atoms with Gasteiger partial charge in [-0.1, -0.05) is 0 Å². The maximum atomic E-state index is 11.8. The summed E-state index contributed by atoms with van der Waals surface area (Å²) < 4.78 is 6.54. The number of aryl methyl sites for hydroxylation is 1. The summed E-state index contributed by atoms with van der Waals surface area (Å²) in [5.41, 5.74) is 0.243. The lowest BCUT2D eigenvalue weighted by atomic mass is 10.1. The van der Waals surface area contributed by atoms with E-state index in [1.807, 2.05) is 0 Å². The van der Waals surface area contributed by atoms with Crippen molar-refractivity contribution in [3.63, 3.8) is 0 Å². The van der Waals surface area contributed by atoms with Gasteiger partial charge in [0.1, 0.15) is 0 Å². The summed E-state index contributed by atoms with van der Waals surface area (Å²) >= 11 is 0. The summed E-state index contributed by atoms with van der Waals surface area (Å²) in [5.74, 6) is 0.307. The topological polar surface area (TPSA) is 76.4 Å². The van der Waals surface area contributed by atoms with Gasteiger partial charge in [-0.05, 0) is 12.8 Å². The molecule has 1 aromatic rings. The first kappa shape index (κ1) is 11.9. The van der Waals surface area contributed by atoms with Gasteiger partial charge < -0.3 is 15.2 Å². The number of aromatic nitrogens is 2. The number of amides is 1. The lowest BCUT2D eigenvalue weighted by Crippen LogP contribution is -2.32. The molecule has 2 N–H and O–H groups in total. The molecule has 0 bridgehead atoms. The number of aliphatic hydroxyl groups is 1. The number of nitrogens with one attached hydrogen (secondary N) is 1. The van der Waals surface area contributed by atoms with Crippen LogP contribution in [-0.4, -0.2) is 41.1 Å². The van der Waals surface area contributed by atoms with Crippen LogP contribution >= 0.6 is 0 Å². The Labute approximate surface area is 99.6 Å². The minimum atomic E-state index is -0.233. The molecule has 1 aliphatic carbocycles. The molecule has 0 aliphatic heterocycles. The third kappa shape index (κ3) is 2.41. The molecule has 1 fully saturated rings. The number of hydrogen-bond donors (Lipinski definition) is 2. The van der Waals surface area contributed by atoms with Crippen molar-refractivity contribution >= 4 is 5.91 Å². The third-order valence-corrected chi connectivity index (χ3v) is 3.20. The van der Waals surface area contributed by atoms with E-state index >= 15 is 0 Å². The molecule has 0 aromatic carbocycles. The maximum absolute atomic E-state index is 11.8. The molecule has 1 amide bonds. The zero-order chi connectivity index (χ0) is 12.5. The number of methoxy groups -OCH3 is 1. The molecule has 94 valence electrons. The average molecular weight is 239 g/mol. The Hall–Kier alpha value is -1.56. The Morgan fingerprint density at radius 1 is 1.71 bits per heavy atom. The Kier molecular flexibility index (Phi) is 3.06. The summed E-state index contributed by atoms with van der Waals surface area (Å²) in [7, 11) is 3.25. The second-order valence-electron chi connectivity index (χ2n) is 4.54. The Bertz CT molecular complexity index is 424. The van der Waals surface area contributed by atoms with Gasteiger partial charge in [-0.2, -0.15) is 5.10 Å². The first-order valence-corrected chi connectivity index (χ1v) is 5.57. The number of nitrogens with zero attached hydrogens (tertiary/aromatic N) is 2. The standard InChI is InChI=1S/C11H17N3O3/c1-14-9(17-2)5-8(13-14)10(16)12-6-11(7-15)3-4-11/h5,15H,3-4,6-7H2,1-2H3,(H,12,16). The van der Waals surface area contributed by atoms with Crippen molar-refractivity contribution < 1.29 is 14.6 Å². The van der Waals surface area contributed by atoms with Gasteiger partial charge in [-0.25, -0.2) is 4.68 Å². The van der Waals surface area contributed by atoms with E-state index in [4.69, 9.17) is 9.84 Å². The van der Waals surface area contributed by atoms with E-state index in [1.165, 1.54) is 11.8 Å². The highest BCUT2D eigenvalue weighted by atomic mass is 16.5. The van der Waals surface area contributed by atoms with Crippen LogP contribution in [0.25, 0.3) is 0 Å². The average Bonchev–Trinajstić information content (AvgIpc) is 3.03. The molecule has 0 atom stereocenters. The van der Waals surface area contributed by atoms with Crippen LogP contribution in [0.3, 0.4) is 0 Å². The van der Waals surface area contributed by atoms with Crippen LogP contribution in [0.5, 0.6) is 5.88 Å². The van der Waals surface area contributed by atoms with Gasteiger partial charge in [0.25, 0.3) is 5.91 Å². The zero-order valence-corrected chi connectivity index (χ0v) is 10.1. The quantitative estimate of drug-likeness (QED) is 0.754. The molecule has 1 heterocycles. The SMILES string of the molecule is COc1cc(C(=O)NCC2(CO)CC2)nn1C. The second-order valence-corrected chi connectivity index (χ2v) is 4.54. The van der Waals surface area contributed by atoms with Gasteiger partial charge >= 0.3 is 0 Å². The molecular weight excluding hydrogens is 222 g/mol. The zero-order valence-electron chi connectivity index (χ0n) is 10.1. The van der Waals surface area contributed by atoms with Gasteiger partial charge in [0.15, 0.2) is 5.69 Å². The van der Waals surface area contributed by atoms with Crippen molar-refractivity contribution in [1.29, 1.82) is 0 Å². The summed E-state index contributed by atoms with van der Waals surface area (Å²) in [6, 6.07) is 1.59. The third-order valence-electron chi connectivity index (χ3n) is 3.20. The van der Waals surface area contributed by atoms with E-state index in [0.29, 0.717) is 18.1 Å². The van der Waals surface area contributed by atoms with Gasteiger partial charge in [-0.3, -0.25) is 4.79 Å². The fraction of sp³-hybridized carbons (Fsp3) is 0.636. The summed E-state index contributed by atoms with van der Waals surface area (Å²) in [4.78, 5) is 11.8. The van der Waals surface area contributed by atoms with E-state index in [0.717, 1.165) is 12.8 Å². The number of carbonyl (C=O) groups is 1. The summed E-state index contributed by atoms with van der Waals surface area (Å²) in [5, 5.41) is 16.0. The van der Waals surface area contributed by atoms with Crippen LogP contribution in [0.2, 0.25) is 0 Å². The maximum Gasteiger partial charge on any atom is 0.271 e. The summed E-state index contributed by atoms with van der Waals surface area (Å²) in [6.07, 6.45) is 1.94. The number of hydrogen-bond acceptors (Lipinski definition) is 4. The Morgan fingerprint density at radius 3 is 2.88 bits per heavy atom. The van der Waals surface area contributed by atoms with Crippen LogP contribution in [0, 0.1) is 5.41 Å². The van der Waals surface area contributed by atoms with Gasteiger partial charge in [0, 0.05) is 25.1 Å². The second kappa shape index (κ2) is 4.37. The van der Waals surface area contributed by atoms with E-state index < -0.39 is 0 Å². The van der Waals surface area contributed by atoms with E-state index in [1.54, 1.807) is 13.1 Å². The molecule has 1 saturated carbocycles. The van der Waals surface area contributed by atoms with Gasteiger partial charge in [-0.15, -0.1) is 0 Å². The van der Waals surface area contributed by atoms with Crippen molar-refractivity contribution in [2.24, 2.45) is 12.5 Å². The van der Waals surface area contributed by atoms with Crippen LogP contribution in [-0.2, 0) is 7.05 Å². The van der Waals surface area contributed by atoms with E-state index in [-0.39, 0.29) is 17.9 Å². The highest BCUT2D eigenvalue weighted by molar-refractivity contribution is 5.92. The Balaban J connectivity index is 1.95. The van der Waals surface area contributed by atoms with Gasteiger partial charge in [0.05, 0.1) is 13.7 Å². The first-order valence-electron chi connectivity index (χ1n) is 5.57. The minimum absolute atomic E-state index is 0.0888. The number of ether oxygens (including phenoxy) is 1. The molecular formula is C11H17N3O3. The Morgan fingerprint density at radius 2 is 2.41 bits per heavy atom. The molecule has 17 heavy (non-hydrogen) atoms. The molecule has 2 rings (SSSR count). The monoisotopic (exact) mass is 239 g/mol. The van der Waals surface area contributed by atoms with Crippen LogP contribution in [0.4, 0.5) is 0 Å². The number of carbonyl (C=O) groups excluding carboxylic acids is 1. The summed E-state index contributed by atoms with van der Waals surface area (Å²) in [6.45, 7) is 0.625. The molecule has 0 unspecified atom stereocenters. The molecule has 1 aliphatic rings. The molecule has 0 radical (unpaired) electrons. The number of rotatable bonds is 5. The normalized spacial score (nSPS) is 16.6. The minimum Gasteiger partial charge on any atom is -0.481 e. The highest BCUT2D eigenvalue weighted by Crippen LogP contribution is 2.44. The fourth-order valence-corrected chi connectivity index (χ4v) is 1.68. The fourth-order valence-electron chi connectivity index (χ4n) is 1.68. The van der Waals surface area contributed by atoms with Crippen LogP contribution in [0.15, 0.2) is 6.07 Å². The molecule has 0 saturated heterocycles. The molecule has 6 heteroatoms. The molecule has 0 spiro atoms. The van der Waals surface area contributed by atoms with Crippen molar-refractivity contribution in [3.05, 3.63) is 11.8 Å². The van der Waals surface area contributed by atoms with Crippen LogP contribution < -0.4 is 10.1 Å². The lowest BCUT2D eigenvalue weighted by Gasteiger charge is -2.11. The smallest absolute Gasteiger partial charge is 0.271 e. The predicted octanol–water partition coefficient (Wildman–Crippen LogP) is -0.0690. The van der Waals surface area contributed by atoms with Crippen molar-refractivity contribution in [2.45, 2.75) is 12.8 Å². The van der Waals surface area contributed by atoms with Crippen molar-refractivity contribution in [3.8, 4) is 5.88 Å². The molecule has 6 nitrogen and oxygen atoms in total. The van der Waals surface area contributed by atoms with Crippen LogP contribution in [0.1, 0.15) is 23.3 Å². The largest absolute Gasteiger partial charge is 0.481 e. The lowest BCUT2D eigenvalue weighted by molar-refractivity contribution is 0.0929. The predicted molar refractivity (Wildman–Crippen MR) is 60.8 cm³/mol. The van der Waals surface area contributed by atoms with E-state index in [2.05, 4.69) is 10.4 Å². The highest BCUT2D eigenvalue weighted by Gasteiger charge is 2.42. The first-order chi connectivity index (χ1) is 8.10. The van der Waals surface area contributed by atoms with Gasteiger partial charge in [0.2, 0.25) is 5.88 Å². The number of aliphatic hydroxyl groups excluding tert-OH is 1. The molecule has 1 aromatic heterocycles. The van der Waals surface area contributed by atoms with Crippen molar-refractivity contribution in [1.82, 2.24) is 15.1 Å². The van der Waals surface area contributed by atoms with Crippen molar-refractivity contribution in [2.75, 3.05) is 20.3 Å².